The average molecular weight is 421 g/mol. The molecule has 4 rings (SSSR count). The molecule has 4 aliphatic carbocycles. The van der Waals surface area contributed by atoms with E-state index in [1.165, 1.54) is 25.7 Å². The third kappa shape index (κ3) is 3.49. The maximum atomic E-state index is 12.4. The summed E-state index contributed by atoms with van der Waals surface area (Å²) >= 11 is 0. The predicted molar refractivity (Wildman–Crippen MR) is 114 cm³/mol. The van der Waals surface area contributed by atoms with Crippen LogP contribution < -0.4 is 0 Å². The number of rotatable bonds is 4. The number of hydrogen-bond acceptors (Lipinski definition) is 4. The number of carboxylic acid groups (broad SMARTS) is 1. The van der Waals surface area contributed by atoms with Crippen molar-refractivity contribution >= 4 is 11.9 Å². The number of ether oxygens (including phenoxy) is 1. The lowest BCUT2D eigenvalue weighted by atomic mass is 9.45. The van der Waals surface area contributed by atoms with Gasteiger partial charge in [0.15, 0.2) is 0 Å². The summed E-state index contributed by atoms with van der Waals surface area (Å²) in [7, 11) is 0. The molecule has 0 spiro atoms. The normalized spacial score (nSPS) is 45.8. The quantitative estimate of drug-likeness (QED) is 0.638. The highest BCUT2D eigenvalue weighted by Crippen LogP contribution is 2.66. The number of esters is 1. The number of aliphatic hydroxyl groups is 1. The highest BCUT2D eigenvalue weighted by atomic mass is 16.5. The van der Waals surface area contributed by atoms with Crippen LogP contribution in [0.5, 0.6) is 0 Å². The van der Waals surface area contributed by atoms with Gasteiger partial charge in [0, 0.05) is 0 Å². The molecule has 0 aromatic heterocycles. The van der Waals surface area contributed by atoms with Crippen LogP contribution in [-0.2, 0) is 14.3 Å². The third-order valence-electron chi connectivity index (χ3n) is 10.0. The summed E-state index contributed by atoms with van der Waals surface area (Å²) in [5, 5.41) is 19.9. The fraction of sp³-hybridized carbons (Fsp3) is 0.920. The van der Waals surface area contributed by atoms with Gasteiger partial charge in [0.1, 0.15) is 6.10 Å². The molecule has 5 nitrogen and oxygen atoms in total. The van der Waals surface area contributed by atoms with E-state index in [4.69, 9.17) is 4.74 Å². The molecule has 4 fully saturated rings. The number of carbonyl (C=O) groups is 2. The maximum Gasteiger partial charge on any atom is 0.309 e. The second kappa shape index (κ2) is 7.50. The highest BCUT2D eigenvalue weighted by molar-refractivity contribution is 5.81. The van der Waals surface area contributed by atoms with E-state index in [1.54, 1.807) is 13.8 Å². The van der Waals surface area contributed by atoms with Crippen LogP contribution in [0.15, 0.2) is 0 Å². The number of fused-ring (bicyclic) bond motifs is 5. The van der Waals surface area contributed by atoms with Gasteiger partial charge in [-0.05, 0) is 106 Å². The molecule has 0 heterocycles. The minimum absolute atomic E-state index is 0.0705. The second-order valence-electron chi connectivity index (χ2n) is 12.0. The van der Waals surface area contributed by atoms with Gasteiger partial charge in [0.2, 0.25) is 0 Å². The van der Waals surface area contributed by atoms with E-state index >= 15 is 0 Å². The lowest BCUT2D eigenvalue weighted by Gasteiger charge is -2.60. The van der Waals surface area contributed by atoms with E-state index in [0.717, 1.165) is 43.9 Å². The zero-order valence-corrected chi connectivity index (χ0v) is 19.2. The number of aliphatic hydroxyl groups excluding tert-OH is 1. The molecule has 4 saturated carbocycles. The van der Waals surface area contributed by atoms with Crippen molar-refractivity contribution in [2.75, 3.05) is 0 Å². The Kier molecular flexibility index (Phi) is 5.52. The van der Waals surface area contributed by atoms with Crippen molar-refractivity contribution < 1.29 is 24.5 Å². The summed E-state index contributed by atoms with van der Waals surface area (Å²) in [4.78, 5) is 23.7. The van der Waals surface area contributed by atoms with Crippen molar-refractivity contribution in [1.29, 1.82) is 0 Å². The van der Waals surface area contributed by atoms with Gasteiger partial charge in [0.05, 0.1) is 17.9 Å². The molecule has 0 amide bonds. The summed E-state index contributed by atoms with van der Waals surface area (Å²) < 4.78 is 5.77. The van der Waals surface area contributed by atoms with Crippen LogP contribution in [0.4, 0.5) is 0 Å². The number of hydrogen-bond donors (Lipinski definition) is 2. The molecule has 5 heteroatoms. The molecule has 170 valence electrons. The van der Waals surface area contributed by atoms with Crippen molar-refractivity contribution in [3.63, 3.8) is 0 Å². The van der Waals surface area contributed by atoms with Crippen LogP contribution in [0.2, 0.25) is 0 Å². The lowest BCUT2D eigenvalue weighted by molar-refractivity contribution is -0.168. The highest BCUT2D eigenvalue weighted by Gasteiger charge is 2.60. The van der Waals surface area contributed by atoms with Crippen molar-refractivity contribution in [3.05, 3.63) is 0 Å². The van der Waals surface area contributed by atoms with Crippen molar-refractivity contribution in [2.24, 2.45) is 39.9 Å². The van der Waals surface area contributed by atoms with Gasteiger partial charge in [-0.1, -0.05) is 13.8 Å². The summed E-state index contributed by atoms with van der Waals surface area (Å²) in [5.74, 6) is 1.36. The third-order valence-corrected chi connectivity index (χ3v) is 10.0. The molecule has 0 aromatic carbocycles. The Morgan fingerprint density at radius 2 is 1.63 bits per heavy atom. The molecule has 0 aliphatic heterocycles. The molecule has 2 N–H and O–H groups in total. The van der Waals surface area contributed by atoms with Gasteiger partial charge in [-0.25, -0.2) is 0 Å². The number of aliphatic carboxylic acids is 1. The first-order valence-corrected chi connectivity index (χ1v) is 12.1. The van der Waals surface area contributed by atoms with Gasteiger partial charge in [-0.15, -0.1) is 0 Å². The van der Waals surface area contributed by atoms with Crippen LogP contribution in [0.3, 0.4) is 0 Å². The zero-order chi connectivity index (χ0) is 21.9. The number of carboxylic acids is 1. The summed E-state index contributed by atoms with van der Waals surface area (Å²) in [6.07, 6.45) is 9.57. The van der Waals surface area contributed by atoms with E-state index in [1.807, 2.05) is 0 Å². The molecule has 0 saturated heterocycles. The maximum absolute atomic E-state index is 12.4. The van der Waals surface area contributed by atoms with Gasteiger partial charge in [0.25, 0.3) is 0 Å². The van der Waals surface area contributed by atoms with Crippen LogP contribution in [-0.4, -0.2) is 34.4 Å². The molecule has 0 aromatic rings. The smallest absolute Gasteiger partial charge is 0.309 e. The first kappa shape index (κ1) is 22.1. The lowest BCUT2D eigenvalue weighted by Crippen LogP contribution is -2.54. The first-order chi connectivity index (χ1) is 14.0. The standard InChI is InChI=1S/C25H40O5/c1-23(2,22(28)29)14-21(27)30-16-9-11-24(3)15(13-16)5-6-17-18-7-8-20(26)25(18,4)12-10-19(17)24/h15-20,26H,5-14H2,1-4H3,(H,28,29)/t15-,16+,17-,18-,19-,20-,24-,25-/m0/s1. The van der Waals surface area contributed by atoms with E-state index < -0.39 is 11.4 Å². The van der Waals surface area contributed by atoms with Gasteiger partial charge in [-0.3, -0.25) is 9.59 Å². The van der Waals surface area contributed by atoms with E-state index in [2.05, 4.69) is 13.8 Å². The Labute approximate surface area is 180 Å². The average Bonchev–Trinajstić information content (AvgIpc) is 2.96. The molecule has 0 radical (unpaired) electrons. The molecule has 8 atom stereocenters. The summed E-state index contributed by atoms with van der Waals surface area (Å²) in [5.41, 5.74) is -0.659. The van der Waals surface area contributed by atoms with Crippen molar-refractivity contribution in [3.8, 4) is 0 Å². The van der Waals surface area contributed by atoms with Crippen LogP contribution in [0.1, 0.15) is 91.9 Å². The molecule has 0 unspecified atom stereocenters. The Morgan fingerprint density at radius 1 is 0.967 bits per heavy atom. The summed E-state index contributed by atoms with van der Waals surface area (Å²) in [6.45, 7) is 7.96. The topological polar surface area (TPSA) is 83.8 Å². The van der Waals surface area contributed by atoms with Crippen molar-refractivity contribution in [2.45, 2.75) is 104 Å². The van der Waals surface area contributed by atoms with Gasteiger partial charge < -0.3 is 14.9 Å². The van der Waals surface area contributed by atoms with Gasteiger partial charge >= 0.3 is 11.9 Å². The zero-order valence-electron chi connectivity index (χ0n) is 19.2. The molecule has 0 bridgehead atoms. The van der Waals surface area contributed by atoms with Crippen molar-refractivity contribution in [1.82, 2.24) is 0 Å². The van der Waals surface area contributed by atoms with Crippen LogP contribution in [0, 0.1) is 39.9 Å². The van der Waals surface area contributed by atoms with E-state index in [9.17, 15) is 19.8 Å². The second-order valence-corrected chi connectivity index (χ2v) is 12.0. The number of carbonyl (C=O) groups excluding carboxylic acids is 1. The molecule has 4 aliphatic rings. The summed E-state index contributed by atoms with van der Waals surface area (Å²) in [6, 6.07) is 0. The Morgan fingerprint density at radius 3 is 2.33 bits per heavy atom. The Hall–Kier alpha value is -1.10. The monoisotopic (exact) mass is 420 g/mol. The van der Waals surface area contributed by atoms with E-state index in [-0.39, 0.29) is 30.0 Å². The van der Waals surface area contributed by atoms with Crippen LogP contribution >= 0.6 is 0 Å². The van der Waals surface area contributed by atoms with Gasteiger partial charge in [-0.2, -0.15) is 0 Å². The minimum Gasteiger partial charge on any atom is -0.481 e. The predicted octanol–water partition coefficient (Wildman–Crippen LogP) is 4.80. The fourth-order valence-electron chi connectivity index (χ4n) is 7.96. The SMILES string of the molecule is CC(C)(CC(=O)O[C@@H]1CC[C@@]2(C)[C@@H](CC[C@@H]3[C@@H]2CC[C@]2(C)[C@@H](O)CC[C@@H]32)C1)C(=O)O. The van der Waals surface area contributed by atoms with E-state index in [0.29, 0.717) is 17.3 Å². The van der Waals surface area contributed by atoms with Crippen LogP contribution in [0.25, 0.3) is 0 Å². The largest absolute Gasteiger partial charge is 0.481 e. The Balaban J connectivity index is 1.40. The first-order valence-electron chi connectivity index (χ1n) is 12.1. The fourth-order valence-corrected chi connectivity index (χ4v) is 7.96. The Bertz CT molecular complexity index is 702. The molecule has 30 heavy (non-hydrogen) atoms. The molecular formula is C25H40O5. The molecular weight excluding hydrogens is 380 g/mol. The minimum atomic E-state index is -1.08.